The zero-order chi connectivity index (χ0) is 12.2. The van der Waals surface area contributed by atoms with Gasteiger partial charge in [-0.1, -0.05) is 0 Å². The van der Waals surface area contributed by atoms with Gasteiger partial charge in [-0.3, -0.25) is 0 Å². The number of nitrogens with zero attached hydrogens (tertiary/aromatic N) is 1. The highest BCUT2D eigenvalue weighted by molar-refractivity contribution is 7.98. The van der Waals surface area contributed by atoms with Crippen LogP contribution in [0.4, 0.5) is 4.79 Å². The van der Waals surface area contributed by atoms with Crippen LogP contribution in [0.1, 0.15) is 20.8 Å². The zero-order valence-electron chi connectivity index (χ0n) is 10.6. The second-order valence-electron chi connectivity index (χ2n) is 5.03. The van der Waals surface area contributed by atoms with E-state index in [0.29, 0.717) is 6.04 Å². The highest BCUT2D eigenvalue weighted by atomic mass is 32.2. The Morgan fingerprint density at radius 1 is 1.56 bits per heavy atom. The SMILES string of the molecule is CSCC1CN(C(=O)OC(C)(C)C)CCN1. The van der Waals surface area contributed by atoms with Gasteiger partial charge in [-0.2, -0.15) is 11.8 Å². The van der Waals surface area contributed by atoms with Crippen molar-refractivity contribution < 1.29 is 9.53 Å². The summed E-state index contributed by atoms with van der Waals surface area (Å²) in [5.41, 5.74) is -0.406. The van der Waals surface area contributed by atoms with Crippen molar-refractivity contribution in [1.29, 1.82) is 0 Å². The fraction of sp³-hybridized carbons (Fsp3) is 0.909. The first-order valence-corrected chi connectivity index (χ1v) is 7.02. The number of hydrogen-bond donors (Lipinski definition) is 1. The first-order chi connectivity index (χ1) is 7.42. The summed E-state index contributed by atoms with van der Waals surface area (Å²) in [5, 5.41) is 3.40. The number of nitrogens with one attached hydrogen (secondary N) is 1. The molecule has 1 aliphatic heterocycles. The van der Waals surface area contributed by atoms with Gasteiger partial charge in [0.15, 0.2) is 0 Å². The molecule has 1 rings (SSSR count). The number of thioether (sulfide) groups is 1. The number of carbonyl (C=O) groups is 1. The molecule has 1 aliphatic rings. The van der Waals surface area contributed by atoms with Gasteiger partial charge in [0.25, 0.3) is 0 Å². The van der Waals surface area contributed by atoms with Gasteiger partial charge in [0.2, 0.25) is 0 Å². The molecule has 0 aromatic heterocycles. The van der Waals surface area contributed by atoms with Gasteiger partial charge >= 0.3 is 6.09 Å². The minimum absolute atomic E-state index is 0.194. The molecule has 0 spiro atoms. The summed E-state index contributed by atoms with van der Waals surface area (Å²) in [6.07, 6.45) is 1.88. The third-order valence-corrected chi connectivity index (χ3v) is 3.01. The Bertz CT molecular complexity index is 239. The smallest absolute Gasteiger partial charge is 0.410 e. The molecule has 5 heteroatoms. The predicted octanol–water partition coefficient (Wildman–Crippen LogP) is 1.56. The average molecular weight is 246 g/mol. The number of ether oxygens (including phenoxy) is 1. The Morgan fingerprint density at radius 2 is 2.25 bits per heavy atom. The average Bonchev–Trinajstić information content (AvgIpc) is 2.16. The highest BCUT2D eigenvalue weighted by Crippen LogP contribution is 2.12. The van der Waals surface area contributed by atoms with E-state index in [0.717, 1.165) is 25.4 Å². The zero-order valence-corrected chi connectivity index (χ0v) is 11.4. The number of piperazine rings is 1. The van der Waals surface area contributed by atoms with E-state index in [-0.39, 0.29) is 6.09 Å². The van der Waals surface area contributed by atoms with Crippen LogP contribution >= 0.6 is 11.8 Å². The van der Waals surface area contributed by atoms with E-state index in [2.05, 4.69) is 11.6 Å². The molecule has 0 aliphatic carbocycles. The lowest BCUT2D eigenvalue weighted by Gasteiger charge is -2.34. The van der Waals surface area contributed by atoms with Crippen molar-refractivity contribution in [3.05, 3.63) is 0 Å². The van der Waals surface area contributed by atoms with Gasteiger partial charge in [0, 0.05) is 31.4 Å². The predicted molar refractivity (Wildman–Crippen MR) is 68.0 cm³/mol. The van der Waals surface area contributed by atoms with Crippen molar-refractivity contribution >= 4 is 17.9 Å². The Kier molecular flexibility index (Phi) is 4.92. The fourth-order valence-electron chi connectivity index (χ4n) is 1.63. The molecular weight excluding hydrogens is 224 g/mol. The Balaban J connectivity index is 2.44. The van der Waals surface area contributed by atoms with Crippen LogP contribution in [0.5, 0.6) is 0 Å². The normalized spacial score (nSPS) is 22.0. The summed E-state index contributed by atoms with van der Waals surface area (Å²) in [7, 11) is 0. The van der Waals surface area contributed by atoms with Crippen LogP contribution in [-0.4, -0.2) is 54.3 Å². The Morgan fingerprint density at radius 3 is 2.81 bits per heavy atom. The van der Waals surface area contributed by atoms with E-state index in [1.165, 1.54) is 0 Å². The molecular formula is C11H22N2O2S. The van der Waals surface area contributed by atoms with E-state index in [4.69, 9.17) is 4.74 Å². The van der Waals surface area contributed by atoms with Crippen LogP contribution in [0.2, 0.25) is 0 Å². The molecule has 0 saturated carbocycles. The minimum Gasteiger partial charge on any atom is -0.444 e. The van der Waals surface area contributed by atoms with Gasteiger partial charge in [0.05, 0.1) is 0 Å². The summed E-state index contributed by atoms with van der Waals surface area (Å²) in [5.74, 6) is 1.03. The van der Waals surface area contributed by atoms with E-state index in [9.17, 15) is 4.79 Å². The molecule has 0 aromatic rings. The molecule has 1 unspecified atom stereocenters. The summed E-state index contributed by atoms with van der Waals surface area (Å²) < 4.78 is 5.36. The fourth-order valence-corrected chi connectivity index (χ4v) is 2.26. The number of carbonyl (C=O) groups excluding carboxylic acids is 1. The van der Waals surface area contributed by atoms with Crippen LogP contribution in [0, 0.1) is 0 Å². The molecule has 16 heavy (non-hydrogen) atoms. The first-order valence-electron chi connectivity index (χ1n) is 5.62. The maximum Gasteiger partial charge on any atom is 0.410 e. The van der Waals surface area contributed by atoms with Crippen molar-refractivity contribution in [3.63, 3.8) is 0 Å². The van der Waals surface area contributed by atoms with Gasteiger partial charge in [-0.05, 0) is 27.0 Å². The summed E-state index contributed by atoms with van der Waals surface area (Å²) in [4.78, 5) is 13.6. The van der Waals surface area contributed by atoms with Crippen molar-refractivity contribution in [2.24, 2.45) is 0 Å². The lowest BCUT2D eigenvalue weighted by Crippen LogP contribution is -2.54. The second-order valence-corrected chi connectivity index (χ2v) is 5.94. The summed E-state index contributed by atoms with van der Waals surface area (Å²) in [6.45, 7) is 8.02. The molecule has 1 heterocycles. The summed E-state index contributed by atoms with van der Waals surface area (Å²) in [6, 6.07) is 0.385. The summed E-state index contributed by atoms with van der Waals surface area (Å²) >= 11 is 1.79. The quantitative estimate of drug-likeness (QED) is 0.803. The molecule has 0 radical (unpaired) electrons. The maximum atomic E-state index is 11.8. The third kappa shape index (κ3) is 4.61. The van der Waals surface area contributed by atoms with Gasteiger partial charge in [-0.25, -0.2) is 4.79 Å². The van der Waals surface area contributed by atoms with Crippen molar-refractivity contribution in [1.82, 2.24) is 10.2 Å². The van der Waals surface area contributed by atoms with E-state index < -0.39 is 5.60 Å². The van der Waals surface area contributed by atoms with Gasteiger partial charge in [-0.15, -0.1) is 0 Å². The lowest BCUT2D eigenvalue weighted by atomic mass is 10.2. The molecule has 94 valence electrons. The Hall–Kier alpha value is -0.420. The lowest BCUT2D eigenvalue weighted by molar-refractivity contribution is 0.0203. The topological polar surface area (TPSA) is 41.6 Å². The highest BCUT2D eigenvalue weighted by Gasteiger charge is 2.26. The van der Waals surface area contributed by atoms with Gasteiger partial charge in [0.1, 0.15) is 5.60 Å². The minimum atomic E-state index is -0.406. The van der Waals surface area contributed by atoms with Crippen molar-refractivity contribution in [2.75, 3.05) is 31.6 Å². The molecule has 0 aromatic carbocycles. The van der Waals surface area contributed by atoms with Crippen LogP contribution in [0.3, 0.4) is 0 Å². The molecule has 1 amide bonds. The molecule has 1 atom stereocenters. The molecule has 1 N–H and O–H groups in total. The first kappa shape index (κ1) is 13.6. The number of rotatable bonds is 2. The number of hydrogen-bond acceptors (Lipinski definition) is 4. The van der Waals surface area contributed by atoms with Crippen molar-refractivity contribution in [2.45, 2.75) is 32.4 Å². The molecule has 4 nitrogen and oxygen atoms in total. The largest absolute Gasteiger partial charge is 0.444 e. The van der Waals surface area contributed by atoms with E-state index in [1.807, 2.05) is 20.8 Å². The molecule has 1 saturated heterocycles. The molecule has 0 bridgehead atoms. The van der Waals surface area contributed by atoms with Crippen LogP contribution in [0.25, 0.3) is 0 Å². The standard InChI is InChI=1S/C11H22N2O2S/c1-11(2,3)15-10(14)13-6-5-12-9(7-13)8-16-4/h9,12H,5-8H2,1-4H3. The molecule has 1 fully saturated rings. The maximum absolute atomic E-state index is 11.8. The van der Waals surface area contributed by atoms with Crippen molar-refractivity contribution in [3.8, 4) is 0 Å². The van der Waals surface area contributed by atoms with Gasteiger partial charge < -0.3 is 15.0 Å². The van der Waals surface area contributed by atoms with Crippen LogP contribution in [0.15, 0.2) is 0 Å². The van der Waals surface area contributed by atoms with Crippen LogP contribution in [-0.2, 0) is 4.74 Å². The van der Waals surface area contributed by atoms with E-state index in [1.54, 1.807) is 16.7 Å². The third-order valence-electron chi connectivity index (χ3n) is 2.28. The van der Waals surface area contributed by atoms with Crippen LogP contribution < -0.4 is 5.32 Å². The monoisotopic (exact) mass is 246 g/mol. The second kappa shape index (κ2) is 5.77. The number of amides is 1. The van der Waals surface area contributed by atoms with E-state index >= 15 is 0 Å². The Labute approximate surface area is 102 Å².